The third kappa shape index (κ3) is 5.10. The largest absolute Gasteiger partial charge is 0.483 e. The predicted molar refractivity (Wildman–Crippen MR) is 95.1 cm³/mol. The van der Waals surface area contributed by atoms with Crippen LogP contribution < -0.4 is 10.1 Å². The summed E-state index contributed by atoms with van der Waals surface area (Å²) in [5, 5.41) is 12.1. The van der Waals surface area contributed by atoms with E-state index in [1.165, 1.54) is 0 Å². The maximum atomic E-state index is 12.3. The Hall–Kier alpha value is -2.33. The minimum Gasteiger partial charge on any atom is -0.483 e. The zero-order chi connectivity index (χ0) is 17.4. The number of benzene rings is 2. The lowest BCUT2D eigenvalue weighted by Crippen LogP contribution is -2.33. The van der Waals surface area contributed by atoms with Crippen molar-refractivity contribution in [3.8, 4) is 5.75 Å². The number of hydrogen-bond acceptors (Lipinski definition) is 3. The number of nitrogens with one attached hydrogen (secondary N) is 1. The molecule has 4 heteroatoms. The van der Waals surface area contributed by atoms with Crippen molar-refractivity contribution in [2.75, 3.05) is 13.2 Å². The zero-order valence-corrected chi connectivity index (χ0v) is 14.3. The van der Waals surface area contributed by atoms with Gasteiger partial charge in [-0.25, -0.2) is 0 Å². The number of hydrogen-bond donors (Lipinski definition) is 2. The molecule has 0 bridgehead atoms. The molecule has 0 radical (unpaired) electrons. The Morgan fingerprint density at radius 2 is 1.75 bits per heavy atom. The van der Waals surface area contributed by atoms with E-state index in [1.807, 2.05) is 62.4 Å². The van der Waals surface area contributed by atoms with E-state index in [0.717, 1.165) is 22.4 Å². The predicted octanol–water partition coefficient (Wildman–Crippen LogP) is 3.31. The van der Waals surface area contributed by atoms with E-state index < -0.39 is 0 Å². The van der Waals surface area contributed by atoms with E-state index in [2.05, 4.69) is 5.32 Å². The molecule has 0 saturated heterocycles. The van der Waals surface area contributed by atoms with Crippen LogP contribution in [0.2, 0.25) is 0 Å². The normalized spacial score (nSPS) is 11.8. The molecule has 2 N–H and O–H groups in total. The van der Waals surface area contributed by atoms with Gasteiger partial charge in [0.05, 0.1) is 6.04 Å². The first kappa shape index (κ1) is 18.0. The lowest BCUT2D eigenvalue weighted by atomic mass is 10.0. The van der Waals surface area contributed by atoms with Crippen LogP contribution in [0.15, 0.2) is 48.5 Å². The van der Waals surface area contributed by atoms with Crippen LogP contribution in [0.4, 0.5) is 0 Å². The third-order valence-corrected chi connectivity index (χ3v) is 3.94. The second-order valence-electron chi connectivity index (χ2n) is 5.91. The Bertz CT molecular complexity index is 635. The summed E-state index contributed by atoms with van der Waals surface area (Å²) in [5.74, 6) is 0.601. The van der Waals surface area contributed by atoms with E-state index in [1.54, 1.807) is 0 Å². The molecule has 1 atom stereocenters. The van der Waals surface area contributed by atoms with Gasteiger partial charge < -0.3 is 15.2 Å². The monoisotopic (exact) mass is 327 g/mol. The van der Waals surface area contributed by atoms with Crippen LogP contribution in [0.5, 0.6) is 5.75 Å². The Balaban J connectivity index is 1.97. The van der Waals surface area contributed by atoms with Gasteiger partial charge in [-0.15, -0.1) is 0 Å². The highest BCUT2D eigenvalue weighted by molar-refractivity contribution is 5.78. The maximum absolute atomic E-state index is 12.3. The SMILES string of the molecule is Cc1cccc(C)c1OCC(=O)NC(CCCO)c1ccccc1. The van der Waals surface area contributed by atoms with Crippen molar-refractivity contribution >= 4 is 5.91 Å². The van der Waals surface area contributed by atoms with Gasteiger partial charge in [-0.1, -0.05) is 48.5 Å². The summed E-state index contributed by atoms with van der Waals surface area (Å²) >= 11 is 0. The second kappa shape index (κ2) is 9.08. The summed E-state index contributed by atoms with van der Waals surface area (Å²) in [6, 6.07) is 15.6. The first-order chi connectivity index (χ1) is 11.6. The molecule has 24 heavy (non-hydrogen) atoms. The van der Waals surface area contributed by atoms with Crippen LogP contribution in [0.25, 0.3) is 0 Å². The van der Waals surface area contributed by atoms with Gasteiger partial charge >= 0.3 is 0 Å². The minimum atomic E-state index is -0.163. The summed E-state index contributed by atoms with van der Waals surface area (Å²) in [4.78, 5) is 12.3. The van der Waals surface area contributed by atoms with Crippen molar-refractivity contribution in [1.29, 1.82) is 0 Å². The number of rotatable bonds is 8. The lowest BCUT2D eigenvalue weighted by molar-refractivity contribution is -0.123. The number of para-hydroxylation sites is 1. The number of carbonyl (C=O) groups is 1. The maximum Gasteiger partial charge on any atom is 0.258 e. The van der Waals surface area contributed by atoms with Crippen molar-refractivity contribution in [3.05, 3.63) is 65.2 Å². The fourth-order valence-electron chi connectivity index (χ4n) is 2.70. The van der Waals surface area contributed by atoms with Crippen molar-refractivity contribution < 1.29 is 14.6 Å². The fourth-order valence-corrected chi connectivity index (χ4v) is 2.70. The molecule has 4 nitrogen and oxygen atoms in total. The number of aliphatic hydroxyl groups is 1. The minimum absolute atomic E-state index is 0.0197. The molecule has 0 aromatic heterocycles. The summed E-state index contributed by atoms with van der Waals surface area (Å²) in [6.45, 7) is 4.02. The molecular weight excluding hydrogens is 302 g/mol. The van der Waals surface area contributed by atoms with Gasteiger partial charge in [-0.3, -0.25) is 4.79 Å². The first-order valence-electron chi connectivity index (χ1n) is 8.26. The van der Waals surface area contributed by atoms with Crippen molar-refractivity contribution in [1.82, 2.24) is 5.32 Å². The Morgan fingerprint density at radius 1 is 1.08 bits per heavy atom. The van der Waals surface area contributed by atoms with E-state index in [9.17, 15) is 4.79 Å². The average Bonchev–Trinajstić information content (AvgIpc) is 2.59. The molecule has 0 aliphatic carbocycles. The molecule has 0 aliphatic heterocycles. The molecule has 0 heterocycles. The van der Waals surface area contributed by atoms with Gasteiger partial charge in [0.1, 0.15) is 5.75 Å². The molecule has 2 aromatic carbocycles. The Kier molecular flexibility index (Phi) is 6.82. The molecule has 0 aliphatic rings. The highest BCUT2D eigenvalue weighted by Gasteiger charge is 2.15. The van der Waals surface area contributed by atoms with E-state index >= 15 is 0 Å². The van der Waals surface area contributed by atoms with E-state index in [4.69, 9.17) is 9.84 Å². The highest BCUT2D eigenvalue weighted by Crippen LogP contribution is 2.22. The van der Waals surface area contributed by atoms with Crippen molar-refractivity contribution in [2.45, 2.75) is 32.7 Å². The molecule has 0 spiro atoms. The van der Waals surface area contributed by atoms with Crippen LogP contribution >= 0.6 is 0 Å². The van der Waals surface area contributed by atoms with E-state index in [0.29, 0.717) is 12.8 Å². The van der Waals surface area contributed by atoms with Crippen LogP contribution in [0.3, 0.4) is 0 Å². The van der Waals surface area contributed by atoms with Crippen LogP contribution in [-0.4, -0.2) is 24.2 Å². The number of carbonyl (C=O) groups excluding carboxylic acids is 1. The molecule has 2 rings (SSSR count). The molecule has 0 saturated carbocycles. The van der Waals surface area contributed by atoms with Crippen LogP contribution in [-0.2, 0) is 4.79 Å². The van der Waals surface area contributed by atoms with Crippen LogP contribution in [0.1, 0.15) is 35.6 Å². The first-order valence-corrected chi connectivity index (χ1v) is 8.26. The number of aryl methyl sites for hydroxylation is 2. The fraction of sp³-hybridized carbons (Fsp3) is 0.350. The number of amides is 1. The molecule has 1 amide bonds. The summed E-state index contributed by atoms with van der Waals surface area (Å²) in [5.41, 5.74) is 3.07. The van der Waals surface area contributed by atoms with Gasteiger partial charge in [0.15, 0.2) is 6.61 Å². The Labute approximate surface area is 143 Å². The second-order valence-corrected chi connectivity index (χ2v) is 5.91. The highest BCUT2D eigenvalue weighted by atomic mass is 16.5. The van der Waals surface area contributed by atoms with Gasteiger partial charge in [-0.2, -0.15) is 0 Å². The van der Waals surface area contributed by atoms with Gasteiger partial charge in [0.2, 0.25) is 0 Å². The lowest BCUT2D eigenvalue weighted by Gasteiger charge is -2.19. The van der Waals surface area contributed by atoms with Crippen molar-refractivity contribution in [2.24, 2.45) is 0 Å². The standard InChI is InChI=1S/C20H25NO3/c1-15-8-6-9-16(2)20(15)24-14-19(23)21-18(12-7-13-22)17-10-4-3-5-11-17/h3-6,8-11,18,22H,7,12-14H2,1-2H3,(H,21,23). The zero-order valence-electron chi connectivity index (χ0n) is 14.3. The molecule has 128 valence electrons. The van der Waals surface area contributed by atoms with Gasteiger partial charge in [0.25, 0.3) is 5.91 Å². The van der Waals surface area contributed by atoms with Gasteiger partial charge in [-0.05, 0) is 43.4 Å². The molecular formula is C20H25NO3. The third-order valence-electron chi connectivity index (χ3n) is 3.94. The Morgan fingerprint density at radius 3 is 2.38 bits per heavy atom. The number of ether oxygens (including phenoxy) is 1. The number of aliphatic hydroxyl groups excluding tert-OH is 1. The molecule has 2 aromatic rings. The van der Waals surface area contributed by atoms with E-state index in [-0.39, 0.29) is 25.2 Å². The molecule has 1 unspecified atom stereocenters. The summed E-state index contributed by atoms with van der Waals surface area (Å²) < 4.78 is 5.71. The average molecular weight is 327 g/mol. The van der Waals surface area contributed by atoms with Crippen LogP contribution in [0, 0.1) is 13.8 Å². The quantitative estimate of drug-likeness (QED) is 0.782. The smallest absolute Gasteiger partial charge is 0.258 e. The molecule has 0 fully saturated rings. The van der Waals surface area contributed by atoms with Gasteiger partial charge in [0, 0.05) is 6.61 Å². The topological polar surface area (TPSA) is 58.6 Å². The summed E-state index contributed by atoms with van der Waals surface area (Å²) in [6.07, 6.45) is 1.33. The summed E-state index contributed by atoms with van der Waals surface area (Å²) in [7, 11) is 0. The van der Waals surface area contributed by atoms with Crippen molar-refractivity contribution in [3.63, 3.8) is 0 Å².